The first-order valence-electron chi connectivity index (χ1n) is 37.4. The summed E-state index contributed by atoms with van der Waals surface area (Å²) in [5.41, 5.74) is 14.3. The lowest BCUT2D eigenvalue weighted by atomic mass is 10.1. The molecule has 0 aliphatic heterocycles. The van der Waals surface area contributed by atoms with Crippen LogP contribution >= 0.6 is 0 Å². The molecule has 0 unspecified atom stereocenters. The number of para-hydroxylation sites is 3. The second-order valence-corrected chi connectivity index (χ2v) is 21.3. The zero-order chi connectivity index (χ0) is 77.5. The van der Waals surface area contributed by atoms with Gasteiger partial charge in [0.05, 0.1) is 22.1 Å². The fourth-order valence-electron chi connectivity index (χ4n) is 10.0. The molecular formula is C96H120N8. The smallest absolute Gasteiger partial charge is 0.0731 e. The number of nitrogens with zero attached hydrogens (tertiary/aromatic N) is 8. The molecule has 8 heterocycles. The molecule has 0 fully saturated rings. The molecule has 544 valence electrons. The van der Waals surface area contributed by atoms with Gasteiger partial charge in [-0.05, 0) is 177 Å². The van der Waals surface area contributed by atoms with Crippen molar-refractivity contribution in [3.05, 3.63) is 337 Å². The topological polar surface area (TPSA) is 103 Å². The number of fused-ring (bicyclic) bond motifs is 8. The summed E-state index contributed by atoms with van der Waals surface area (Å²) in [7, 11) is 0. The number of aryl methyl sites for hydroxylation is 8. The first kappa shape index (κ1) is 91.1. The molecule has 16 rings (SSSR count). The third-order valence-corrected chi connectivity index (χ3v) is 14.8. The molecule has 0 aliphatic rings. The van der Waals surface area contributed by atoms with Crippen molar-refractivity contribution in [3.63, 3.8) is 0 Å². The van der Waals surface area contributed by atoms with Crippen molar-refractivity contribution < 1.29 is 0 Å². The average Bonchev–Trinajstić information content (AvgIpc) is 0.951. The minimum Gasteiger partial charge on any atom is -0.264 e. The predicted octanol–water partition coefficient (Wildman–Crippen LogP) is 28.6. The number of hydrogen-bond donors (Lipinski definition) is 0. The molecule has 0 N–H and O–H groups in total. The van der Waals surface area contributed by atoms with Crippen LogP contribution in [0.4, 0.5) is 0 Å². The maximum atomic E-state index is 4.28. The predicted molar refractivity (Wildman–Crippen MR) is 463 cm³/mol. The molecule has 8 aromatic heterocycles. The lowest BCUT2D eigenvalue weighted by molar-refractivity contribution is 1.24. The Labute approximate surface area is 626 Å². The molecule has 0 saturated carbocycles. The Balaban J connectivity index is 0.000000578. The number of aromatic nitrogens is 8. The van der Waals surface area contributed by atoms with Crippen molar-refractivity contribution >= 4 is 86.7 Å². The number of hydrogen-bond acceptors (Lipinski definition) is 8. The van der Waals surface area contributed by atoms with Gasteiger partial charge in [-0.15, -0.1) is 0 Å². The van der Waals surface area contributed by atoms with Crippen LogP contribution in [0.1, 0.15) is 155 Å². The quantitative estimate of drug-likeness (QED) is 0.148. The number of benzene rings is 8. The Bertz CT molecular complexity index is 4080. The second kappa shape index (κ2) is 55.7. The van der Waals surface area contributed by atoms with Gasteiger partial charge >= 0.3 is 0 Å². The van der Waals surface area contributed by atoms with Crippen LogP contribution in [0.5, 0.6) is 0 Å². The fourth-order valence-corrected chi connectivity index (χ4v) is 10.0. The molecule has 0 spiro atoms. The fraction of sp³-hybridized carbons (Fsp3) is 0.250. The van der Waals surface area contributed by atoms with E-state index in [0.717, 1.165) is 27.8 Å². The Morgan fingerprint density at radius 2 is 0.577 bits per heavy atom. The van der Waals surface area contributed by atoms with E-state index in [2.05, 4.69) is 210 Å². The van der Waals surface area contributed by atoms with Gasteiger partial charge in [0.25, 0.3) is 0 Å². The van der Waals surface area contributed by atoms with Gasteiger partial charge in [0.1, 0.15) is 0 Å². The van der Waals surface area contributed by atoms with Crippen molar-refractivity contribution in [1.82, 2.24) is 39.9 Å². The Morgan fingerprint density at radius 3 is 1.18 bits per heavy atom. The molecule has 16 aromatic rings. The monoisotopic (exact) mass is 1380 g/mol. The summed E-state index contributed by atoms with van der Waals surface area (Å²) in [6.07, 6.45) is 20.5. The molecule has 0 amide bonds. The van der Waals surface area contributed by atoms with Crippen LogP contribution in [0.15, 0.2) is 293 Å². The minimum atomic E-state index is 1.07. The van der Waals surface area contributed by atoms with Crippen LogP contribution in [0.25, 0.3) is 86.7 Å². The zero-order valence-corrected chi connectivity index (χ0v) is 67.3. The summed E-state index contributed by atoms with van der Waals surface area (Å²) in [4.78, 5) is 33.5. The molecule has 0 radical (unpaired) electrons. The van der Waals surface area contributed by atoms with Gasteiger partial charge in [0, 0.05) is 117 Å². The number of rotatable bonds is 0. The summed E-state index contributed by atoms with van der Waals surface area (Å²) in [5, 5.41) is 15.0. The number of pyridine rings is 8. The Hall–Kier alpha value is -11.0. The van der Waals surface area contributed by atoms with Gasteiger partial charge in [-0.1, -0.05) is 275 Å². The van der Waals surface area contributed by atoms with E-state index >= 15 is 0 Å². The van der Waals surface area contributed by atoms with E-state index in [1.807, 2.05) is 289 Å². The van der Waals surface area contributed by atoms with Gasteiger partial charge < -0.3 is 0 Å². The SMILES string of the molecule is CC.CC.CC.CC.CC.CC.CC.CC.Cc1cccc2cccnc12.Cc1cccc2ccncc12.Cc1cccc2cnccc12.Cc1cccc2ncccc12.Cc1ccnc2ccccc12.Cc1cnc2ccccc2c1.Cc1cncc2ccccc12.Cc1nccc2ccccc12. The van der Waals surface area contributed by atoms with Crippen molar-refractivity contribution in [3.8, 4) is 0 Å². The first-order chi connectivity index (χ1) is 51.0. The van der Waals surface area contributed by atoms with Crippen molar-refractivity contribution in [2.75, 3.05) is 0 Å². The van der Waals surface area contributed by atoms with E-state index in [4.69, 9.17) is 0 Å². The van der Waals surface area contributed by atoms with Gasteiger partial charge in [-0.2, -0.15) is 0 Å². The molecule has 0 bridgehead atoms. The van der Waals surface area contributed by atoms with Gasteiger partial charge in [0.15, 0.2) is 0 Å². The van der Waals surface area contributed by atoms with Crippen LogP contribution in [-0.2, 0) is 0 Å². The molecule has 0 saturated heterocycles. The Morgan fingerprint density at radius 1 is 0.192 bits per heavy atom. The maximum absolute atomic E-state index is 4.28. The van der Waals surface area contributed by atoms with Gasteiger partial charge in [-0.3, -0.25) is 39.9 Å². The molecule has 0 aliphatic carbocycles. The minimum absolute atomic E-state index is 1.07. The van der Waals surface area contributed by atoms with Crippen LogP contribution in [0, 0.1) is 55.4 Å². The molecule has 8 heteroatoms. The highest BCUT2D eigenvalue weighted by Gasteiger charge is 2.00. The summed E-state index contributed by atoms with van der Waals surface area (Å²) in [5.74, 6) is 0. The average molecular weight is 1390 g/mol. The molecular weight excluding hydrogens is 1270 g/mol. The molecule has 8 nitrogen and oxygen atoms in total. The maximum Gasteiger partial charge on any atom is 0.0731 e. The molecule has 104 heavy (non-hydrogen) atoms. The van der Waals surface area contributed by atoms with Crippen molar-refractivity contribution in [2.24, 2.45) is 0 Å². The lowest BCUT2D eigenvalue weighted by Crippen LogP contribution is -1.80. The van der Waals surface area contributed by atoms with Gasteiger partial charge in [0.2, 0.25) is 0 Å². The van der Waals surface area contributed by atoms with Crippen LogP contribution in [-0.4, -0.2) is 39.9 Å². The largest absolute Gasteiger partial charge is 0.264 e. The Kier molecular flexibility index (Phi) is 48.8. The zero-order valence-electron chi connectivity index (χ0n) is 67.3. The normalized spacial score (nSPS) is 9.15. The third-order valence-electron chi connectivity index (χ3n) is 14.8. The van der Waals surface area contributed by atoms with E-state index in [0.29, 0.717) is 0 Å². The standard InChI is InChI=1S/8C10H9N.8C2H6/c1-8-4-2-6-10-9(8)5-3-7-11-10;1-8-4-2-5-9-6-3-7-11-10(8)9;1-8-3-2-4-9-7-11-6-5-10(8)9;1-8-3-2-4-9-5-6-11-7-10(8)9;1-8-6-11-7-9-4-2-3-5-10(8)9;1-8-6-9-4-2-3-5-10(9)11-7-8;1-8-10-5-3-2-4-9(10)6-7-11-8;1-8-6-7-11-10-5-3-2-4-9(8)10;8*1-2/h8*2-7H,1H3;8*1-2H3. The molecule has 0 atom stereocenters. The van der Waals surface area contributed by atoms with E-state index in [-0.39, 0.29) is 0 Å². The van der Waals surface area contributed by atoms with E-state index in [1.54, 1.807) is 0 Å². The highest BCUT2D eigenvalue weighted by molar-refractivity contribution is 5.88. The molecule has 8 aromatic carbocycles. The van der Waals surface area contributed by atoms with E-state index in [9.17, 15) is 0 Å². The van der Waals surface area contributed by atoms with E-state index < -0.39 is 0 Å². The van der Waals surface area contributed by atoms with Crippen LogP contribution < -0.4 is 0 Å². The summed E-state index contributed by atoms with van der Waals surface area (Å²) in [6.45, 7) is 48.7. The van der Waals surface area contributed by atoms with Crippen LogP contribution in [0.3, 0.4) is 0 Å². The highest BCUT2D eigenvalue weighted by Crippen LogP contribution is 2.21. The summed E-state index contributed by atoms with van der Waals surface area (Å²) < 4.78 is 0. The van der Waals surface area contributed by atoms with Crippen molar-refractivity contribution in [2.45, 2.75) is 166 Å². The van der Waals surface area contributed by atoms with Crippen molar-refractivity contribution in [1.29, 1.82) is 0 Å². The van der Waals surface area contributed by atoms with E-state index in [1.165, 1.54) is 104 Å². The highest BCUT2D eigenvalue weighted by atomic mass is 14.7. The summed E-state index contributed by atoms with van der Waals surface area (Å²) >= 11 is 0. The van der Waals surface area contributed by atoms with Crippen LogP contribution in [0.2, 0.25) is 0 Å². The lowest BCUT2D eigenvalue weighted by Gasteiger charge is -1.98. The second-order valence-electron chi connectivity index (χ2n) is 21.3. The van der Waals surface area contributed by atoms with Gasteiger partial charge in [-0.25, -0.2) is 0 Å². The first-order valence-corrected chi connectivity index (χ1v) is 37.4. The third kappa shape index (κ3) is 30.3. The summed E-state index contributed by atoms with van der Waals surface area (Å²) in [6, 6.07) is 76.1.